The molecule has 2 aromatic rings. The van der Waals surface area contributed by atoms with Gasteiger partial charge in [0.2, 0.25) is 5.91 Å². The molecule has 0 unspecified atom stereocenters. The molecule has 2 heterocycles. The van der Waals surface area contributed by atoms with E-state index in [4.69, 9.17) is 0 Å². The van der Waals surface area contributed by atoms with Gasteiger partial charge < -0.3 is 4.90 Å². The van der Waals surface area contributed by atoms with Crippen molar-refractivity contribution in [3.63, 3.8) is 0 Å². The molecule has 1 aliphatic heterocycles. The van der Waals surface area contributed by atoms with Crippen LogP contribution in [-0.4, -0.2) is 51.7 Å². The van der Waals surface area contributed by atoms with Gasteiger partial charge in [-0.3, -0.25) is 14.4 Å². The van der Waals surface area contributed by atoms with Gasteiger partial charge in [0, 0.05) is 51.9 Å². The molecule has 0 bridgehead atoms. The summed E-state index contributed by atoms with van der Waals surface area (Å²) in [5, 5.41) is 4.42. The van der Waals surface area contributed by atoms with Crippen molar-refractivity contribution >= 4 is 28.5 Å². The standard InChI is InChI=1S/C19H25IN4O/c1-15-5-3-4-6-17(15)13-22-9-11-23(12-10-22)19(25)7-8-24-14-18(20)16(2)21-24/h3-6,14H,7-13H2,1-2H3. The van der Waals surface area contributed by atoms with Crippen molar-refractivity contribution in [2.75, 3.05) is 26.2 Å². The number of halogens is 1. The van der Waals surface area contributed by atoms with Crippen molar-refractivity contribution in [1.82, 2.24) is 19.6 Å². The van der Waals surface area contributed by atoms with Crippen molar-refractivity contribution < 1.29 is 4.79 Å². The lowest BCUT2D eigenvalue weighted by atomic mass is 10.1. The monoisotopic (exact) mass is 452 g/mol. The lowest BCUT2D eigenvalue weighted by Crippen LogP contribution is -2.48. The second-order valence-corrected chi connectivity index (χ2v) is 7.82. The van der Waals surface area contributed by atoms with Gasteiger partial charge in [-0.2, -0.15) is 5.10 Å². The van der Waals surface area contributed by atoms with Crippen molar-refractivity contribution in [2.24, 2.45) is 0 Å². The number of hydrogen-bond acceptors (Lipinski definition) is 3. The van der Waals surface area contributed by atoms with E-state index in [0.29, 0.717) is 13.0 Å². The van der Waals surface area contributed by atoms with Gasteiger partial charge in [0.1, 0.15) is 0 Å². The first-order chi connectivity index (χ1) is 12.0. The number of aryl methyl sites for hydroxylation is 3. The maximum Gasteiger partial charge on any atom is 0.224 e. The molecule has 0 saturated carbocycles. The number of hydrogen-bond donors (Lipinski definition) is 0. The fourth-order valence-corrected chi connectivity index (χ4v) is 3.59. The number of benzene rings is 1. The molecule has 1 saturated heterocycles. The zero-order valence-corrected chi connectivity index (χ0v) is 17.1. The number of piperazine rings is 1. The van der Waals surface area contributed by atoms with Crippen LogP contribution in [0, 0.1) is 17.4 Å². The molecule has 25 heavy (non-hydrogen) atoms. The first-order valence-electron chi connectivity index (χ1n) is 8.77. The summed E-state index contributed by atoms with van der Waals surface area (Å²) in [6, 6.07) is 8.53. The Morgan fingerprint density at radius 2 is 1.88 bits per heavy atom. The molecule has 3 rings (SSSR count). The lowest BCUT2D eigenvalue weighted by molar-refractivity contribution is -0.133. The fourth-order valence-electron chi connectivity index (χ4n) is 3.16. The summed E-state index contributed by atoms with van der Waals surface area (Å²) in [5.41, 5.74) is 3.74. The summed E-state index contributed by atoms with van der Waals surface area (Å²) >= 11 is 2.27. The normalized spacial score (nSPS) is 15.6. The molecule has 0 spiro atoms. The maximum absolute atomic E-state index is 12.4. The summed E-state index contributed by atoms with van der Waals surface area (Å²) in [7, 11) is 0. The molecule has 5 nitrogen and oxygen atoms in total. The molecule has 134 valence electrons. The first-order valence-corrected chi connectivity index (χ1v) is 9.85. The average molecular weight is 452 g/mol. The molecule has 0 atom stereocenters. The highest BCUT2D eigenvalue weighted by Crippen LogP contribution is 2.13. The second kappa shape index (κ2) is 8.31. The SMILES string of the molecule is Cc1ccccc1CN1CCN(C(=O)CCn2cc(I)c(C)n2)CC1. The van der Waals surface area contributed by atoms with Gasteiger partial charge in [0.25, 0.3) is 0 Å². The van der Waals surface area contributed by atoms with Crippen LogP contribution in [0.15, 0.2) is 30.5 Å². The van der Waals surface area contributed by atoms with E-state index in [0.717, 1.165) is 42.0 Å². The molecule has 0 N–H and O–H groups in total. The van der Waals surface area contributed by atoms with Crippen LogP contribution in [0.2, 0.25) is 0 Å². The topological polar surface area (TPSA) is 41.4 Å². The Bertz CT molecular complexity index is 715. The number of aromatic nitrogens is 2. The molecule has 1 aromatic heterocycles. The van der Waals surface area contributed by atoms with Crippen LogP contribution in [0.3, 0.4) is 0 Å². The molecule has 1 aliphatic rings. The van der Waals surface area contributed by atoms with E-state index < -0.39 is 0 Å². The van der Waals surface area contributed by atoms with Crippen molar-refractivity contribution in [3.05, 3.63) is 50.9 Å². The number of rotatable bonds is 5. The Morgan fingerprint density at radius 3 is 2.52 bits per heavy atom. The zero-order chi connectivity index (χ0) is 17.8. The van der Waals surface area contributed by atoms with E-state index in [1.54, 1.807) is 0 Å². The van der Waals surface area contributed by atoms with E-state index in [1.807, 2.05) is 22.7 Å². The Morgan fingerprint density at radius 1 is 1.16 bits per heavy atom. The maximum atomic E-state index is 12.4. The minimum Gasteiger partial charge on any atom is -0.340 e. The summed E-state index contributed by atoms with van der Waals surface area (Å²) < 4.78 is 3.03. The summed E-state index contributed by atoms with van der Waals surface area (Å²) in [4.78, 5) is 16.9. The van der Waals surface area contributed by atoms with E-state index in [-0.39, 0.29) is 5.91 Å². The number of carbonyl (C=O) groups is 1. The molecule has 6 heteroatoms. The van der Waals surface area contributed by atoms with Gasteiger partial charge in [-0.25, -0.2) is 0 Å². The lowest BCUT2D eigenvalue weighted by Gasteiger charge is -2.35. The van der Waals surface area contributed by atoms with Crippen LogP contribution in [0.25, 0.3) is 0 Å². The fraction of sp³-hybridized carbons (Fsp3) is 0.474. The van der Waals surface area contributed by atoms with Crippen LogP contribution in [0.5, 0.6) is 0 Å². The Labute approximate surface area is 163 Å². The van der Waals surface area contributed by atoms with Crippen molar-refractivity contribution in [1.29, 1.82) is 0 Å². The predicted molar refractivity (Wildman–Crippen MR) is 107 cm³/mol. The van der Waals surface area contributed by atoms with Gasteiger partial charge in [-0.05, 0) is 47.6 Å². The van der Waals surface area contributed by atoms with Gasteiger partial charge in [0.05, 0.1) is 9.26 Å². The molecule has 1 amide bonds. The minimum absolute atomic E-state index is 0.235. The number of nitrogens with zero attached hydrogens (tertiary/aromatic N) is 4. The van der Waals surface area contributed by atoms with Gasteiger partial charge in [-0.1, -0.05) is 24.3 Å². The largest absolute Gasteiger partial charge is 0.340 e. The molecule has 0 radical (unpaired) electrons. The van der Waals surface area contributed by atoms with Crippen LogP contribution in [0.1, 0.15) is 23.2 Å². The number of carbonyl (C=O) groups excluding carboxylic acids is 1. The van der Waals surface area contributed by atoms with Crippen LogP contribution in [0.4, 0.5) is 0 Å². The predicted octanol–water partition coefficient (Wildman–Crippen LogP) is 2.84. The van der Waals surface area contributed by atoms with Gasteiger partial charge in [-0.15, -0.1) is 0 Å². The minimum atomic E-state index is 0.235. The van der Waals surface area contributed by atoms with Crippen molar-refractivity contribution in [3.8, 4) is 0 Å². The average Bonchev–Trinajstić information content (AvgIpc) is 2.93. The molecular weight excluding hydrogens is 427 g/mol. The highest BCUT2D eigenvalue weighted by atomic mass is 127. The third-order valence-corrected chi connectivity index (χ3v) is 5.88. The van der Waals surface area contributed by atoms with Gasteiger partial charge >= 0.3 is 0 Å². The Kier molecular flexibility index (Phi) is 6.11. The Hall–Kier alpha value is -1.41. The van der Waals surface area contributed by atoms with E-state index >= 15 is 0 Å². The third kappa shape index (κ3) is 4.82. The molecule has 1 fully saturated rings. The Balaban J connectivity index is 1.45. The molecular formula is C19H25IN4O. The molecule has 0 aliphatic carbocycles. The van der Waals surface area contributed by atoms with Crippen LogP contribution < -0.4 is 0 Å². The highest BCUT2D eigenvalue weighted by molar-refractivity contribution is 14.1. The zero-order valence-electron chi connectivity index (χ0n) is 14.9. The first kappa shape index (κ1) is 18.4. The quantitative estimate of drug-likeness (QED) is 0.656. The van der Waals surface area contributed by atoms with Crippen LogP contribution in [-0.2, 0) is 17.9 Å². The summed E-state index contributed by atoms with van der Waals surface area (Å²) in [6.45, 7) is 9.31. The van der Waals surface area contributed by atoms with E-state index in [1.165, 1.54) is 11.1 Å². The number of amides is 1. The smallest absolute Gasteiger partial charge is 0.224 e. The van der Waals surface area contributed by atoms with Crippen molar-refractivity contribution in [2.45, 2.75) is 33.4 Å². The second-order valence-electron chi connectivity index (χ2n) is 6.66. The van der Waals surface area contributed by atoms with E-state index in [9.17, 15) is 4.79 Å². The van der Waals surface area contributed by atoms with E-state index in [2.05, 4.69) is 63.8 Å². The van der Waals surface area contributed by atoms with Crippen LogP contribution >= 0.6 is 22.6 Å². The highest BCUT2D eigenvalue weighted by Gasteiger charge is 2.21. The summed E-state index contributed by atoms with van der Waals surface area (Å²) in [6.07, 6.45) is 2.53. The molecule has 1 aromatic carbocycles. The van der Waals surface area contributed by atoms with Gasteiger partial charge in [0.15, 0.2) is 0 Å². The third-order valence-electron chi connectivity index (χ3n) is 4.82. The summed E-state index contributed by atoms with van der Waals surface area (Å²) in [5.74, 6) is 0.235.